The van der Waals surface area contributed by atoms with Gasteiger partial charge >= 0.3 is 0 Å². The Hall–Kier alpha value is -3.80. The van der Waals surface area contributed by atoms with Crippen LogP contribution in [0.2, 0.25) is 0 Å². The predicted molar refractivity (Wildman–Crippen MR) is 132 cm³/mol. The third kappa shape index (κ3) is 9.10. The van der Waals surface area contributed by atoms with E-state index in [0.29, 0.717) is 36.0 Å². The van der Waals surface area contributed by atoms with E-state index in [-0.39, 0.29) is 23.8 Å². The number of ether oxygens (including phenoxy) is 2. The summed E-state index contributed by atoms with van der Waals surface area (Å²) in [4.78, 5) is 30.0. The van der Waals surface area contributed by atoms with Crippen molar-refractivity contribution in [3.05, 3.63) is 52.9 Å². The van der Waals surface area contributed by atoms with E-state index < -0.39 is 11.7 Å². The second kappa shape index (κ2) is 14.6. The Morgan fingerprint density at radius 1 is 1.22 bits per heavy atom. The van der Waals surface area contributed by atoms with Crippen LogP contribution in [0.15, 0.2) is 29.4 Å². The maximum Gasteiger partial charge on any atom is 0.292 e. The number of carbonyl (C=O) groups excluding carboxylic acids is 2. The van der Waals surface area contributed by atoms with Crippen molar-refractivity contribution in [3.8, 4) is 5.75 Å². The fourth-order valence-corrected chi connectivity index (χ4v) is 3.77. The van der Waals surface area contributed by atoms with Crippen molar-refractivity contribution in [2.24, 2.45) is 22.6 Å². The Labute approximate surface area is 210 Å². The van der Waals surface area contributed by atoms with Crippen molar-refractivity contribution in [2.75, 3.05) is 20.8 Å². The van der Waals surface area contributed by atoms with Crippen molar-refractivity contribution in [1.29, 1.82) is 0 Å². The van der Waals surface area contributed by atoms with Gasteiger partial charge in [-0.15, -0.1) is 5.10 Å². The van der Waals surface area contributed by atoms with E-state index in [2.05, 4.69) is 25.1 Å². The highest BCUT2D eigenvalue weighted by Gasteiger charge is 2.17. The van der Waals surface area contributed by atoms with Crippen LogP contribution in [0.3, 0.4) is 0 Å². The van der Waals surface area contributed by atoms with Gasteiger partial charge in [0, 0.05) is 6.54 Å². The Morgan fingerprint density at radius 3 is 2.53 bits per heavy atom. The van der Waals surface area contributed by atoms with Crippen molar-refractivity contribution >= 4 is 18.2 Å². The molecule has 1 fully saturated rings. The first kappa shape index (κ1) is 28.4. The van der Waals surface area contributed by atoms with Crippen LogP contribution in [0.1, 0.15) is 59.7 Å². The smallest absolute Gasteiger partial charge is 0.292 e. The van der Waals surface area contributed by atoms with E-state index in [9.17, 15) is 9.18 Å². The molecule has 12 heteroatoms. The summed E-state index contributed by atoms with van der Waals surface area (Å²) in [5.41, 5.74) is 7.27. The van der Waals surface area contributed by atoms with Crippen LogP contribution in [0, 0.1) is 18.7 Å². The van der Waals surface area contributed by atoms with Crippen LogP contribution >= 0.6 is 0 Å². The Kier molecular flexibility index (Phi) is 11.5. The number of amides is 1. The van der Waals surface area contributed by atoms with Crippen LogP contribution in [-0.2, 0) is 16.1 Å². The molecule has 0 saturated heterocycles. The largest absolute Gasteiger partial charge is 0.494 e. The van der Waals surface area contributed by atoms with Crippen molar-refractivity contribution in [2.45, 2.75) is 45.6 Å². The fraction of sp³-hybridized carbons (Fsp3) is 0.458. The zero-order chi connectivity index (χ0) is 26.5. The van der Waals surface area contributed by atoms with Gasteiger partial charge in [-0.25, -0.2) is 25.3 Å². The minimum atomic E-state index is -0.467. The van der Waals surface area contributed by atoms with Gasteiger partial charge in [-0.1, -0.05) is 25.3 Å². The van der Waals surface area contributed by atoms with Crippen LogP contribution in [0.25, 0.3) is 0 Å². The molecule has 0 radical (unpaired) electrons. The zero-order valence-corrected chi connectivity index (χ0v) is 20.9. The number of rotatable bonds is 9. The normalized spacial score (nSPS) is 13.8. The first-order chi connectivity index (χ1) is 17.3. The van der Waals surface area contributed by atoms with Crippen molar-refractivity contribution in [3.63, 3.8) is 0 Å². The molecule has 196 valence electrons. The summed E-state index contributed by atoms with van der Waals surface area (Å²) in [7, 11) is 2.70. The molecular formula is C24H34FN7O4. The molecule has 0 aliphatic heterocycles. The highest BCUT2D eigenvalue weighted by Crippen LogP contribution is 2.24. The van der Waals surface area contributed by atoms with Gasteiger partial charge in [0.15, 0.2) is 17.4 Å². The number of hydrazone groups is 1. The van der Waals surface area contributed by atoms with Gasteiger partial charge in [0.25, 0.3) is 12.4 Å². The lowest BCUT2D eigenvalue weighted by molar-refractivity contribution is -0.126. The quantitative estimate of drug-likeness (QED) is 0.153. The third-order valence-electron chi connectivity index (χ3n) is 5.50. The first-order valence-electron chi connectivity index (χ1n) is 11.6. The molecule has 11 nitrogen and oxygen atoms in total. The first-order valence-corrected chi connectivity index (χ1v) is 11.6. The number of methoxy groups -OCH3 is 2. The summed E-state index contributed by atoms with van der Waals surface area (Å²) in [5, 5.41) is 8.34. The molecule has 3 rings (SSSR count). The maximum atomic E-state index is 13.6. The highest BCUT2D eigenvalue weighted by molar-refractivity contribution is 5.99. The van der Waals surface area contributed by atoms with Gasteiger partial charge in [0.2, 0.25) is 0 Å². The molecule has 0 unspecified atom stereocenters. The van der Waals surface area contributed by atoms with Crippen LogP contribution in [-0.4, -0.2) is 54.1 Å². The molecule has 0 atom stereocenters. The Bertz CT molecular complexity index is 1050. The molecule has 0 bridgehead atoms. The molecule has 1 aliphatic rings. The molecule has 1 saturated carbocycles. The third-order valence-corrected chi connectivity index (χ3v) is 5.50. The molecule has 5 N–H and O–H groups in total. The van der Waals surface area contributed by atoms with Gasteiger partial charge in [0.1, 0.15) is 17.2 Å². The van der Waals surface area contributed by atoms with E-state index >= 15 is 0 Å². The lowest BCUT2D eigenvalue weighted by Gasteiger charge is -2.25. The Balaban J connectivity index is 0.00000106. The van der Waals surface area contributed by atoms with Gasteiger partial charge in [-0.05, 0) is 49.4 Å². The molecule has 1 heterocycles. The number of hydrogen-bond acceptors (Lipinski definition) is 9. The number of aryl methyl sites for hydroxylation is 1. The zero-order valence-electron chi connectivity index (χ0n) is 20.9. The summed E-state index contributed by atoms with van der Waals surface area (Å²) < 4.78 is 22.4. The second-order valence-electron chi connectivity index (χ2n) is 8.28. The SMILES string of the molecule is COC=O.COc1cc(CNC(=O)c2cc(/C(N)=N/N(N)CC3CCCCC3)nc(C)n2)ccc1F. The Morgan fingerprint density at radius 2 is 1.89 bits per heavy atom. The summed E-state index contributed by atoms with van der Waals surface area (Å²) in [6, 6.07) is 5.86. The van der Waals surface area contributed by atoms with Crippen LogP contribution in [0.4, 0.5) is 4.39 Å². The lowest BCUT2D eigenvalue weighted by atomic mass is 9.89. The van der Waals surface area contributed by atoms with E-state index in [1.54, 1.807) is 13.0 Å². The lowest BCUT2D eigenvalue weighted by Crippen LogP contribution is -2.35. The molecule has 2 aromatic rings. The maximum absolute atomic E-state index is 13.6. The number of amidine groups is 1. The number of hydrazine groups is 1. The van der Waals surface area contributed by atoms with E-state index in [0.717, 1.165) is 12.8 Å². The van der Waals surface area contributed by atoms with Gasteiger partial charge in [0.05, 0.1) is 20.8 Å². The average Bonchev–Trinajstić information content (AvgIpc) is 2.88. The number of hydrogen-bond donors (Lipinski definition) is 3. The standard InChI is InChI=1S/C22H30FN7O2.C2H4O2/c1-14-27-18(21(24)29-30(25)13-15-6-4-3-5-7-15)11-19(28-14)22(31)26-12-16-8-9-17(23)20(10-16)32-2;1-4-2-3/h8-11,15H,3-7,12-13,25H2,1-2H3,(H2,24,29)(H,26,31);2H,1H3. The number of aromatic nitrogens is 2. The van der Waals surface area contributed by atoms with Crippen LogP contribution < -0.4 is 21.6 Å². The number of nitrogens with one attached hydrogen (secondary N) is 1. The summed E-state index contributed by atoms with van der Waals surface area (Å²) in [6.07, 6.45) is 5.98. The number of carbonyl (C=O) groups is 2. The molecule has 1 amide bonds. The number of nitrogens with two attached hydrogens (primary N) is 2. The topological polar surface area (TPSA) is 158 Å². The molecule has 36 heavy (non-hydrogen) atoms. The van der Waals surface area contributed by atoms with Crippen molar-refractivity contribution in [1.82, 2.24) is 20.4 Å². The van der Waals surface area contributed by atoms with E-state index in [4.69, 9.17) is 21.1 Å². The second-order valence-corrected chi connectivity index (χ2v) is 8.28. The summed E-state index contributed by atoms with van der Waals surface area (Å²) in [5.74, 6) is 6.26. The van der Waals surface area contributed by atoms with E-state index in [1.807, 2.05) is 0 Å². The van der Waals surface area contributed by atoms with Crippen LogP contribution in [0.5, 0.6) is 5.75 Å². The molecule has 1 aromatic heterocycles. The van der Waals surface area contributed by atoms with Gasteiger partial charge < -0.3 is 20.5 Å². The van der Waals surface area contributed by atoms with Gasteiger partial charge in [-0.2, -0.15) is 0 Å². The predicted octanol–water partition coefficient (Wildman–Crippen LogP) is 2.03. The minimum Gasteiger partial charge on any atom is -0.494 e. The molecule has 1 aromatic carbocycles. The molecule has 1 aliphatic carbocycles. The average molecular weight is 504 g/mol. The monoisotopic (exact) mass is 503 g/mol. The minimum absolute atomic E-state index is 0.112. The number of nitrogens with zero attached hydrogens (tertiary/aromatic N) is 4. The highest BCUT2D eigenvalue weighted by atomic mass is 19.1. The molecular weight excluding hydrogens is 469 g/mol. The van der Waals surface area contributed by atoms with E-state index in [1.165, 1.54) is 56.8 Å². The molecule has 0 spiro atoms. The fourth-order valence-electron chi connectivity index (χ4n) is 3.77. The summed E-state index contributed by atoms with van der Waals surface area (Å²) >= 11 is 0. The van der Waals surface area contributed by atoms with Crippen molar-refractivity contribution < 1.29 is 23.5 Å². The van der Waals surface area contributed by atoms with Gasteiger partial charge in [-0.3, -0.25) is 9.59 Å². The number of halogens is 1. The summed E-state index contributed by atoms with van der Waals surface area (Å²) in [6.45, 7) is 2.84. The number of benzene rings is 1.